The Morgan fingerprint density at radius 1 is 0.833 bits per heavy atom. The van der Waals surface area contributed by atoms with Crippen LogP contribution in [0.3, 0.4) is 0 Å². The molecule has 0 saturated heterocycles. The van der Waals surface area contributed by atoms with Gasteiger partial charge in [-0.15, -0.1) is 0 Å². The van der Waals surface area contributed by atoms with Gasteiger partial charge in [0.15, 0.2) is 0 Å². The minimum Gasteiger partial charge on any atom is -0.0819 e. The summed E-state index contributed by atoms with van der Waals surface area (Å²) in [5.41, 5.74) is 5.83. The zero-order valence-electron chi connectivity index (χ0n) is 18.1. The molecule has 0 unspecified atom stereocenters. The Labute approximate surface area is 153 Å². The predicted molar refractivity (Wildman–Crippen MR) is 114 cm³/mol. The van der Waals surface area contributed by atoms with Gasteiger partial charge in [-0.05, 0) is 51.0 Å². The van der Waals surface area contributed by atoms with Crippen molar-refractivity contribution in [1.29, 1.82) is 0 Å². The summed E-state index contributed by atoms with van der Waals surface area (Å²) in [4.78, 5) is 0. The molecule has 0 heteroatoms. The highest BCUT2D eigenvalue weighted by atomic mass is 14.2. The van der Waals surface area contributed by atoms with Crippen LogP contribution in [0, 0.1) is 5.41 Å². The Hall–Kier alpha value is -1.30. The van der Waals surface area contributed by atoms with Gasteiger partial charge in [0, 0.05) is 0 Å². The van der Waals surface area contributed by atoms with Gasteiger partial charge in [0.25, 0.3) is 0 Å². The van der Waals surface area contributed by atoms with Crippen molar-refractivity contribution in [3.05, 3.63) is 58.7 Å². The molecule has 0 N–H and O–H groups in total. The van der Waals surface area contributed by atoms with Crippen molar-refractivity contribution < 1.29 is 0 Å². The monoisotopic (exact) mass is 330 g/mol. The molecule has 0 aromatic rings. The first-order chi connectivity index (χ1) is 11.3. The highest BCUT2D eigenvalue weighted by Gasteiger charge is 2.20. The Balaban J connectivity index is 0. The molecule has 0 atom stereocenters. The van der Waals surface area contributed by atoms with Crippen LogP contribution < -0.4 is 0 Å². The highest BCUT2D eigenvalue weighted by Crippen LogP contribution is 2.34. The fraction of sp³-hybridized carbons (Fsp3) is 0.583. The second kappa shape index (κ2) is 14.1. The molecule has 0 nitrogen and oxygen atoms in total. The van der Waals surface area contributed by atoms with Crippen LogP contribution >= 0.6 is 0 Å². The molecule has 0 aliphatic rings. The smallest absolute Gasteiger partial charge is 0.0107 e. The van der Waals surface area contributed by atoms with Gasteiger partial charge < -0.3 is 0 Å². The first-order valence-electron chi connectivity index (χ1n) is 9.68. The molecule has 0 rings (SSSR count). The largest absolute Gasteiger partial charge is 0.0819 e. The summed E-state index contributed by atoms with van der Waals surface area (Å²) in [5, 5.41) is 0. The summed E-state index contributed by atoms with van der Waals surface area (Å²) < 4.78 is 0. The Morgan fingerprint density at radius 3 is 1.88 bits per heavy atom. The maximum Gasteiger partial charge on any atom is -0.0107 e. The van der Waals surface area contributed by atoms with E-state index in [1.165, 1.54) is 22.3 Å². The van der Waals surface area contributed by atoms with Crippen LogP contribution in [-0.2, 0) is 0 Å². The minimum atomic E-state index is 0.243. The van der Waals surface area contributed by atoms with Gasteiger partial charge in [0.2, 0.25) is 0 Å². The molecular formula is C24H42. The summed E-state index contributed by atoms with van der Waals surface area (Å²) in [6.07, 6.45) is 16.7. The third-order valence-corrected chi connectivity index (χ3v) is 4.36. The maximum absolute atomic E-state index is 2.34. The molecule has 0 aromatic heterocycles. The molecule has 0 amide bonds. The average molecular weight is 331 g/mol. The van der Waals surface area contributed by atoms with Crippen LogP contribution in [0.25, 0.3) is 0 Å². The number of rotatable bonds is 8. The molecule has 138 valence electrons. The minimum absolute atomic E-state index is 0.243. The summed E-state index contributed by atoms with van der Waals surface area (Å²) in [6, 6.07) is 0. The Bertz CT molecular complexity index is 476. The molecule has 0 spiro atoms. The molecule has 0 heterocycles. The van der Waals surface area contributed by atoms with E-state index in [-0.39, 0.29) is 5.41 Å². The Kier molecular flexibility index (Phi) is 14.6. The van der Waals surface area contributed by atoms with Gasteiger partial charge in [0.05, 0.1) is 0 Å². The fourth-order valence-corrected chi connectivity index (χ4v) is 2.34. The standard InChI is InChI=1S/C22H36.C2H6/c1-9-13-18(4)14-12-15-19(5)16-17-21(20(6)10-2)22(7,8)11-3;1-2/h12-17H,9-11H2,1-8H3;1-2H3/b14-12+,17-16+,18-13+,19-15+,21-20-;. The molecule has 0 bridgehead atoms. The van der Waals surface area contributed by atoms with Crippen LogP contribution in [0.4, 0.5) is 0 Å². The van der Waals surface area contributed by atoms with Gasteiger partial charge in [0.1, 0.15) is 0 Å². The van der Waals surface area contributed by atoms with Crippen molar-refractivity contribution >= 4 is 0 Å². The van der Waals surface area contributed by atoms with E-state index in [0.29, 0.717) is 0 Å². The first-order valence-corrected chi connectivity index (χ1v) is 9.68. The van der Waals surface area contributed by atoms with E-state index in [4.69, 9.17) is 0 Å². The molecule has 0 aromatic carbocycles. The zero-order chi connectivity index (χ0) is 19.2. The van der Waals surface area contributed by atoms with E-state index in [9.17, 15) is 0 Å². The lowest BCUT2D eigenvalue weighted by Crippen LogP contribution is -2.13. The molecule has 0 radical (unpaired) electrons. The number of allylic oxidation sites excluding steroid dienone is 10. The third-order valence-electron chi connectivity index (χ3n) is 4.36. The quantitative estimate of drug-likeness (QED) is 0.391. The summed E-state index contributed by atoms with van der Waals surface area (Å²) >= 11 is 0. The maximum atomic E-state index is 2.34. The molecule has 0 aliphatic carbocycles. The van der Waals surface area contributed by atoms with Crippen molar-refractivity contribution in [2.45, 2.75) is 88.5 Å². The molecule has 0 fully saturated rings. The molecule has 24 heavy (non-hydrogen) atoms. The summed E-state index contributed by atoms with van der Waals surface area (Å²) in [5.74, 6) is 0. The summed E-state index contributed by atoms with van der Waals surface area (Å²) in [7, 11) is 0. The number of hydrogen-bond acceptors (Lipinski definition) is 0. The van der Waals surface area contributed by atoms with Crippen molar-refractivity contribution in [3.8, 4) is 0 Å². The van der Waals surface area contributed by atoms with Crippen LogP contribution in [0.5, 0.6) is 0 Å². The van der Waals surface area contributed by atoms with E-state index in [0.717, 1.165) is 19.3 Å². The van der Waals surface area contributed by atoms with Gasteiger partial charge in [-0.25, -0.2) is 0 Å². The lowest BCUT2D eigenvalue weighted by Gasteiger charge is -2.27. The first kappa shape index (κ1) is 24.9. The van der Waals surface area contributed by atoms with E-state index in [1.54, 1.807) is 0 Å². The highest BCUT2D eigenvalue weighted by molar-refractivity contribution is 5.35. The van der Waals surface area contributed by atoms with Crippen molar-refractivity contribution in [1.82, 2.24) is 0 Å². The molecular weight excluding hydrogens is 288 g/mol. The normalized spacial score (nSPS) is 14.8. The van der Waals surface area contributed by atoms with Crippen LogP contribution in [0.2, 0.25) is 0 Å². The Morgan fingerprint density at radius 2 is 1.42 bits per heavy atom. The average Bonchev–Trinajstić information content (AvgIpc) is 2.56. The fourth-order valence-electron chi connectivity index (χ4n) is 2.34. The molecule has 0 aliphatic heterocycles. The van der Waals surface area contributed by atoms with E-state index in [2.05, 4.69) is 91.8 Å². The number of hydrogen-bond donors (Lipinski definition) is 0. The van der Waals surface area contributed by atoms with Crippen LogP contribution in [0.15, 0.2) is 58.7 Å². The second-order valence-electron chi connectivity index (χ2n) is 6.74. The van der Waals surface area contributed by atoms with E-state index < -0.39 is 0 Å². The van der Waals surface area contributed by atoms with Crippen molar-refractivity contribution in [2.24, 2.45) is 5.41 Å². The second-order valence-corrected chi connectivity index (χ2v) is 6.74. The van der Waals surface area contributed by atoms with Gasteiger partial charge in [-0.3, -0.25) is 0 Å². The topological polar surface area (TPSA) is 0 Å². The van der Waals surface area contributed by atoms with Crippen LogP contribution in [-0.4, -0.2) is 0 Å². The van der Waals surface area contributed by atoms with E-state index in [1.807, 2.05) is 13.8 Å². The lowest BCUT2D eigenvalue weighted by atomic mass is 9.78. The molecule has 0 saturated carbocycles. The lowest BCUT2D eigenvalue weighted by molar-refractivity contribution is 0.434. The van der Waals surface area contributed by atoms with Gasteiger partial charge >= 0.3 is 0 Å². The van der Waals surface area contributed by atoms with Crippen molar-refractivity contribution in [2.75, 3.05) is 0 Å². The van der Waals surface area contributed by atoms with Crippen LogP contribution in [0.1, 0.15) is 88.5 Å². The predicted octanol–water partition coefficient (Wildman–Crippen LogP) is 8.59. The zero-order valence-corrected chi connectivity index (χ0v) is 18.1. The van der Waals surface area contributed by atoms with Crippen molar-refractivity contribution in [3.63, 3.8) is 0 Å². The summed E-state index contributed by atoms with van der Waals surface area (Å²) in [6.45, 7) is 21.9. The van der Waals surface area contributed by atoms with Gasteiger partial charge in [-0.1, -0.05) is 102 Å². The van der Waals surface area contributed by atoms with Gasteiger partial charge in [-0.2, -0.15) is 0 Å². The van der Waals surface area contributed by atoms with E-state index >= 15 is 0 Å². The third kappa shape index (κ3) is 10.5. The SMILES string of the molecule is CC.CC/C=C(C)/C=C/C=C(C)/C=C/C(=C(\C)CC)C(C)(C)CC.